The number of nitrogens with one attached hydrogen (secondary N) is 1. The van der Waals surface area contributed by atoms with E-state index in [4.69, 9.17) is 0 Å². The van der Waals surface area contributed by atoms with Crippen molar-refractivity contribution in [2.75, 3.05) is 5.32 Å². The number of hydrogen-bond acceptors (Lipinski definition) is 2. The summed E-state index contributed by atoms with van der Waals surface area (Å²) in [5, 5.41) is 12.9. The van der Waals surface area contributed by atoms with Gasteiger partial charge >= 0.3 is 0 Å². The molecule has 70 valence electrons. The first-order valence-electron chi connectivity index (χ1n) is 4.82. The van der Waals surface area contributed by atoms with Gasteiger partial charge in [0.25, 0.3) is 0 Å². The van der Waals surface area contributed by atoms with Gasteiger partial charge in [0.15, 0.2) is 0 Å². The molecule has 2 rings (SSSR count). The van der Waals surface area contributed by atoms with Crippen molar-refractivity contribution < 1.29 is 5.11 Å². The predicted octanol–water partition coefficient (Wildman–Crippen LogP) is 2.67. The normalized spacial score (nSPS) is 16.7. The van der Waals surface area contributed by atoms with E-state index in [1.54, 1.807) is 6.07 Å². The highest BCUT2D eigenvalue weighted by atomic mass is 16.3. The summed E-state index contributed by atoms with van der Waals surface area (Å²) >= 11 is 0. The molecular formula is C11H15NO. The van der Waals surface area contributed by atoms with Gasteiger partial charge in [-0.15, -0.1) is 0 Å². The molecule has 0 bridgehead atoms. The van der Waals surface area contributed by atoms with Gasteiger partial charge in [0, 0.05) is 6.04 Å². The highest BCUT2D eigenvalue weighted by Gasteiger charge is 2.17. The van der Waals surface area contributed by atoms with E-state index in [0.29, 0.717) is 11.8 Å². The molecule has 1 aliphatic rings. The highest BCUT2D eigenvalue weighted by Crippen LogP contribution is 2.29. The van der Waals surface area contributed by atoms with Crippen molar-refractivity contribution in [1.29, 1.82) is 0 Å². The summed E-state index contributed by atoms with van der Waals surface area (Å²) in [5.41, 5.74) is 1.96. The van der Waals surface area contributed by atoms with Crippen molar-refractivity contribution >= 4 is 5.69 Å². The van der Waals surface area contributed by atoms with Crippen molar-refractivity contribution in [3.05, 3.63) is 23.8 Å². The SMILES string of the molecule is Cc1ccc(NC2CCC2)c(O)c1. The number of aryl methyl sites for hydroxylation is 1. The molecular weight excluding hydrogens is 162 g/mol. The third-order valence-electron chi connectivity index (χ3n) is 2.62. The molecule has 0 atom stereocenters. The first kappa shape index (κ1) is 8.42. The fourth-order valence-corrected chi connectivity index (χ4v) is 1.54. The third-order valence-corrected chi connectivity index (χ3v) is 2.62. The summed E-state index contributed by atoms with van der Waals surface area (Å²) in [5.74, 6) is 0.368. The van der Waals surface area contributed by atoms with Gasteiger partial charge < -0.3 is 10.4 Å². The zero-order valence-electron chi connectivity index (χ0n) is 7.88. The topological polar surface area (TPSA) is 32.3 Å². The van der Waals surface area contributed by atoms with E-state index in [0.717, 1.165) is 11.3 Å². The third kappa shape index (κ3) is 1.77. The highest BCUT2D eigenvalue weighted by molar-refractivity contribution is 5.57. The van der Waals surface area contributed by atoms with Crippen LogP contribution in [0, 0.1) is 6.92 Å². The summed E-state index contributed by atoms with van der Waals surface area (Å²) in [4.78, 5) is 0. The predicted molar refractivity (Wildman–Crippen MR) is 54.1 cm³/mol. The quantitative estimate of drug-likeness (QED) is 0.681. The van der Waals surface area contributed by atoms with Gasteiger partial charge in [0.1, 0.15) is 5.75 Å². The van der Waals surface area contributed by atoms with Crippen LogP contribution in [0.25, 0.3) is 0 Å². The Hall–Kier alpha value is -1.18. The minimum absolute atomic E-state index is 0.368. The second-order valence-electron chi connectivity index (χ2n) is 3.79. The van der Waals surface area contributed by atoms with Crippen LogP contribution in [0.4, 0.5) is 5.69 Å². The van der Waals surface area contributed by atoms with Crippen LogP contribution >= 0.6 is 0 Å². The molecule has 2 nitrogen and oxygen atoms in total. The van der Waals surface area contributed by atoms with Gasteiger partial charge in [-0.3, -0.25) is 0 Å². The molecule has 0 amide bonds. The maximum atomic E-state index is 9.60. The minimum atomic E-state index is 0.368. The molecule has 2 heteroatoms. The van der Waals surface area contributed by atoms with Crippen molar-refractivity contribution in [2.24, 2.45) is 0 Å². The number of anilines is 1. The lowest BCUT2D eigenvalue weighted by Crippen LogP contribution is -2.26. The zero-order chi connectivity index (χ0) is 9.26. The lowest BCUT2D eigenvalue weighted by molar-refractivity contribution is 0.438. The molecule has 1 aromatic rings. The largest absolute Gasteiger partial charge is 0.506 e. The first-order chi connectivity index (χ1) is 6.25. The molecule has 0 radical (unpaired) electrons. The monoisotopic (exact) mass is 177 g/mol. The van der Waals surface area contributed by atoms with Crippen molar-refractivity contribution in [1.82, 2.24) is 0 Å². The van der Waals surface area contributed by atoms with Gasteiger partial charge in [-0.1, -0.05) is 6.07 Å². The van der Waals surface area contributed by atoms with Gasteiger partial charge in [-0.25, -0.2) is 0 Å². The van der Waals surface area contributed by atoms with Crippen LogP contribution in [-0.2, 0) is 0 Å². The Morgan fingerprint density at radius 1 is 1.38 bits per heavy atom. The van der Waals surface area contributed by atoms with Crippen LogP contribution in [0.15, 0.2) is 18.2 Å². The zero-order valence-corrected chi connectivity index (χ0v) is 7.88. The van der Waals surface area contributed by atoms with Gasteiger partial charge in [-0.2, -0.15) is 0 Å². The molecule has 0 spiro atoms. The summed E-state index contributed by atoms with van der Waals surface area (Å²) in [7, 11) is 0. The minimum Gasteiger partial charge on any atom is -0.506 e. The van der Waals surface area contributed by atoms with Gasteiger partial charge in [0.05, 0.1) is 5.69 Å². The standard InChI is InChI=1S/C11H15NO/c1-8-5-6-10(11(13)7-8)12-9-3-2-4-9/h5-7,9,12-13H,2-4H2,1H3. The van der Waals surface area contributed by atoms with E-state index in [1.807, 2.05) is 19.1 Å². The second kappa shape index (κ2) is 3.29. The van der Waals surface area contributed by atoms with Crippen LogP contribution in [-0.4, -0.2) is 11.1 Å². The van der Waals surface area contributed by atoms with E-state index >= 15 is 0 Å². The fourth-order valence-electron chi connectivity index (χ4n) is 1.54. The summed E-state index contributed by atoms with van der Waals surface area (Å²) in [6.45, 7) is 1.98. The molecule has 13 heavy (non-hydrogen) atoms. The van der Waals surface area contributed by atoms with Crippen molar-refractivity contribution in [3.63, 3.8) is 0 Å². The average molecular weight is 177 g/mol. The Morgan fingerprint density at radius 2 is 2.15 bits per heavy atom. The molecule has 2 N–H and O–H groups in total. The molecule has 0 aliphatic heterocycles. The Kier molecular flexibility index (Phi) is 2.13. The molecule has 1 fully saturated rings. The lowest BCUT2D eigenvalue weighted by atomic mass is 9.93. The van der Waals surface area contributed by atoms with E-state index in [9.17, 15) is 5.11 Å². The number of hydrogen-bond donors (Lipinski definition) is 2. The number of rotatable bonds is 2. The van der Waals surface area contributed by atoms with E-state index < -0.39 is 0 Å². The smallest absolute Gasteiger partial charge is 0.138 e. The Bertz CT molecular complexity index is 305. The average Bonchev–Trinajstić information content (AvgIpc) is 1.99. The Morgan fingerprint density at radius 3 is 2.69 bits per heavy atom. The molecule has 0 heterocycles. The summed E-state index contributed by atoms with van der Waals surface area (Å²) in [6.07, 6.45) is 3.77. The molecule has 0 unspecified atom stereocenters. The molecule has 1 aromatic carbocycles. The second-order valence-corrected chi connectivity index (χ2v) is 3.79. The van der Waals surface area contributed by atoms with Crippen molar-refractivity contribution in [3.8, 4) is 5.75 Å². The number of benzene rings is 1. The molecule has 0 aromatic heterocycles. The number of phenols is 1. The molecule has 1 saturated carbocycles. The van der Waals surface area contributed by atoms with Gasteiger partial charge in [0.2, 0.25) is 0 Å². The first-order valence-corrected chi connectivity index (χ1v) is 4.82. The maximum absolute atomic E-state index is 9.60. The van der Waals surface area contributed by atoms with Crippen LogP contribution in [0.2, 0.25) is 0 Å². The molecule has 1 aliphatic carbocycles. The Labute approximate surface area is 78.6 Å². The van der Waals surface area contributed by atoms with E-state index in [2.05, 4.69) is 5.32 Å². The summed E-state index contributed by atoms with van der Waals surface area (Å²) < 4.78 is 0. The lowest BCUT2D eigenvalue weighted by Gasteiger charge is -2.27. The van der Waals surface area contributed by atoms with E-state index in [1.165, 1.54) is 19.3 Å². The van der Waals surface area contributed by atoms with Crippen LogP contribution in [0.1, 0.15) is 24.8 Å². The molecule has 0 saturated heterocycles. The number of phenolic OH excluding ortho intramolecular Hbond substituents is 1. The van der Waals surface area contributed by atoms with Crippen molar-refractivity contribution in [2.45, 2.75) is 32.2 Å². The Balaban J connectivity index is 2.10. The fraction of sp³-hybridized carbons (Fsp3) is 0.455. The summed E-state index contributed by atoms with van der Waals surface area (Å²) in [6, 6.07) is 6.33. The van der Waals surface area contributed by atoms with E-state index in [-0.39, 0.29) is 0 Å². The van der Waals surface area contributed by atoms with Crippen LogP contribution in [0.5, 0.6) is 5.75 Å². The van der Waals surface area contributed by atoms with Crippen LogP contribution in [0.3, 0.4) is 0 Å². The maximum Gasteiger partial charge on any atom is 0.138 e. The van der Waals surface area contributed by atoms with Crippen LogP contribution < -0.4 is 5.32 Å². The number of aromatic hydroxyl groups is 1. The van der Waals surface area contributed by atoms with Gasteiger partial charge in [-0.05, 0) is 43.9 Å².